The second-order valence-electron chi connectivity index (χ2n) is 3.83. The van der Waals surface area contributed by atoms with Crippen LogP contribution in [0, 0.1) is 0 Å². The van der Waals surface area contributed by atoms with Gasteiger partial charge in [0.05, 0.1) is 13.9 Å². The van der Waals surface area contributed by atoms with Gasteiger partial charge < -0.3 is 10.2 Å². The molecule has 0 aliphatic carbocycles. The second kappa shape index (κ2) is 5.76. The van der Waals surface area contributed by atoms with Crippen molar-refractivity contribution in [2.24, 2.45) is 0 Å². The molecule has 0 bridgehead atoms. The summed E-state index contributed by atoms with van der Waals surface area (Å²) < 4.78 is 16.7. The van der Waals surface area contributed by atoms with Crippen molar-refractivity contribution in [1.29, 1.82) is 0 Å². The number of carboxylic acid groups (broad SMARTS) is 2. The van der Waals surface area contributed by atoms with Crippen molar-refractivity contribution < 1.29 is 22.5 Å². The summed E-state index contributed by atoms with van der Waals surface area (Å²) in [5.74, 6) is -2.32. The molecule has 0 amide bonds. The third kappa shape index (κ3) is 2.91. The summed E-state index contributed by atoms with van der Waals surface area (Å²) >= 11 is 6.43. The highest BCUT2D eigenvalue weighted by Gasteiger charge is 2.12. The van der Waals surface area contributed by atoms with Crippen LogP contribution in [0.2, 0.25) is 0 Å². The lowest BCUT2D eigenvalue weighted by atomic mass is 10.0. The molecule has 6 heteroatoms. The van der Waals surface area contributed by atoms with Gasteiger partial charge in [0, 0.05) is 8.95 Å². The Morgan fingerprint density at radius 3 is 1.50 bits per heavy atom. The molecule has 0 atom stereocenters. The maximum atomic E-state index is 11.0. The SMILES string of the molecule is [2H]c1cc(C(=O)O)cc(Br)c1-c1c([2H])cc(C(=O)O)cc1Br. The fourth-order valence-electron chi connectivity index (χ4n) is 1.57. The van der Waals surface area contributed by atoms with Crippen LogP contribution in [0.25, 0.3) is 11.1 Å². The molecule has 2 N–H and O–H groups in total. The third-order valence-corrected chi connectivity index (χ3v) is 3.78. The van der Waals surface area contributed by atoms with E-state index in [-0.39, 0.29) is 23.2 Å². The molecule has 0 saturated carbocycles. The largest absolute Gasteiger partial charge is 0.478 e. The summed E-state index contributed by atoms with van der Waals surface area (Å²) in [5, 5.41) is 18.0. The molecule has 4 nitrogen and oxygen atoms in total. The van der Waals surface area contributed by atoms with Gasteiger partial charge in [-0.15, -0.1) is 0 Å². The topological polar surface area (TPSA) is 74.6 Å². The van der Waals surface area contributed by atoms with Gasteiger partial charge in [-0.25, -0.2) is 9.59 Å². The predicted molar refractivity (Wildman–Crippen MR) is 81.2 cm³/mol. The predicted octanol–water partition coefficient (Wildman–Crippen LogP) is 4.28. The minimum absolute atomic E-state index is 0.0505. The molecule has 0 aliphatic rings. The molecule has 0 aromatic heterocycles. The van der Waals surface area contributed by atoms with Crippen molar-refractivity contribution in [2.75, 3.05) is 0 Å². The van der Waals surface area contributed by atoms with E-state index in [1.54, 1.807) is 0 Å². The van der Waals surface area contributed by atoms with Crippen LogP contribution in [0.5, 0.6) is 0 Å². The lowest BCUT2D eigenvalue weighted by molar-refractivity contribution is 0.0686. The van der Waals surface area contributed by atoms with E-state index in [2.05, 4.69) is 31.9 Å². The van der Waals surface area contributed by atoms with Crippen LogP contribution in [0.3, 0.4) is 0 Å². The molecule has 0 radical (unpaired) electrons. The van der Waals surface area contributed by atoms with Crippen molar-refractivity contribution in [2.45, 2.75) is 0 Å². The van der Waals surface area contributed by atoms with Gasteiger partial charge in [-0.05, 0) is 35.4 Å². The Bertz CT molecular complexity index is 692. The first kappa shape index (κ1) is 12.1. The number of aromatic carboxylic acids is 2. The van der Waals surface area contributed by atoms with E-state index in [1.165, 1.54) is 24.3 Å². The van der Waals surface area contributed by atoms with E-state index in [4.69, 9.17) is 13.0 Å². The minimum Gasteiger partial charge on any atom is -0.478 e. The molecule has 0 heterocycles. The summed E-state index contributed by atoms with van der Waals surface area (Å²) in [6.07, 6.45) is 0. The Balaban J connectivity index is 2.72. The molecule has 0 unspecified atom stereocenters. The number of hydrogen-bond acceptors (Lipinski definition) is 2. The van der Waals surface area contributed by atoms with Crippen LogP contribution in [-0.2, 0) is 0 Å². The molecule has 0 saturated heterocycles. The molecule has 102 valence electrons. The number of carbonyl (C=O) groups is 2. The lowest BCUT2D eigenvalue weighted by Crippen LogP contribution is -1.98. The molecule has 2 rings (SSSR count). The number of benzene rings is 2. The molecule has 0 spiro atoms. The summed E-state index contributed by atoms with van der Waals surface area (Å²) in [6, 6.07) is 4.88. The fourth-order valence-corrected chi connectivity index (χ4v) is 2.69. The number of halogens is 2. The Morgan fingerprint density at radius 1 is 0.900 bits per heavy atom. The minimum atomic E-state index is -1.16. The van der Waals surface area contributed by atoms with Crippen molar-refractivity contribution in [3.05, 3.63) is 56.4 Å². The standard InChI is InChI=1S/C14H8Br2O4/c15-11-5-7(13(17)18)1-3-9(11)10-4-2-8(14(19)20)6-12(10)16/h1-6H,(H,17,18)(H,19,20)/i3D,4D. The first-order valence-corrected chi connectivity index (χ1v) is 6.88. The normalized spacial score (nSPS) is 11.7. The van der Waals surface area contributed by atoms with Gasteiger partial charge in [-0.2, -0.15) is 0 Å². The molecule has 0 aliphatic heterocycles. The monoisotopic (exact) mass is 400 g/mol. The molecular formula is C14H8Br2O4. The van der Waals surface area contributed by atoms with Gasteiger partial charge in [0.1, 0.15) is 0 Å². The van der Waals surface area contributed by atoms with Crippen LogP contribution < -0.4 is 0 Å². The van der Waals surface area contributed by atoms with Crippen molar-refractivity contribution in [3.8, 4) is 11.1 Å². The van der Waals surface area contributed by atoms with Crippen molar-refractivity contribution in [1.82, 2.24) is 0 Å². The van der Waals surface area contributed by atoms with Gasteiger partial charge in [-0.3, -0.25) is 0 Å². The van der Waals surface area contributed by atoms with Crippen LogP contribution in [0.4, 0.5) is 0 Å². The van der Waals surface area contributed by atoms with Crippen LogP contribution >= 0.6 is 31.9 Å². The maximum Gasteiger partial charge on any atom is 0.335 e. The second-order valence-corrected chi connectivity index (χ2v) is 5.54. The van der Waals surface area contributed by atoms with Gasteiger partial charge in [0.15, 0.2) is 0 Å². The van der Waals surface area contributed by atoms with Crippen molar-refractivity contribution >= 4 is 43.8 Å². The number of hydrogen-bond donors (Lipinski definition) is 2. The third-order valence-electron chi connectivity index (χ3n) is 2.53. The van der Waals surface area contributed by atoms with Gasteiger partial charge in [-0.1, -0.05) is 43.9 Å². The van der Waals surface area contributed by atoms with Crippen LogP contribution in [-0.4, -0.2) is 22.2 Å². The molecule has 2 aromatic rings. The van der Waals surface area contributed by atoms with Crippen molar-refractivity contribution in [3.63, 3.8) is 0 Å². The molecule has 0 fully saturated rings. The first-order valence-electron chi connectivity index (χ1n) is 6.29. The first-order chi connectivity index (χ1) is 10.2. The fraction of sp³-hybridized carbons (Fsp3) is 0. The summed E-state index contributed by atoms with van der Waals surface area (Å²) in [7, 11) is 0. The summed E-state index contributed by atoms with van der Waals surface area (Å²) in [4.78, 5) is 22.0. The van der Waals surface area contributed by atoms with E-state index in [9.17, 15) is 9.59 Å². The quantitative estimate of drug-likeness (QED) is 0.804. The Hall–Kier alpha value is -1.66. The molecule has 2 aromatic carbocycles. The van der Waals surface area contributed by atoms with E-state index in [0.717, 1.165) is 0 Å². The van der Waals surface area contributed by atoms with Gasteiger partial charge in [0.25, 0.3) is 0 Å². The Kier molecular flexibility index (Phi) is 3.49. The van der Waals surface area contributed by atoms with Crippen LogP contribution in [0.1, 0.15) is 23.5 Å². The number of rotatable bonds is 3. The van der Waals surface area contributed by atoms with E-state index < -0.39 is 11.9 Å². The smallest absolute Gasteiger partial charge is 0.335 e. The number of carboxylic acids is 2. The van der Waals surface area contributed by atoms with Gasteiger partial charge in [0.2, 0.25) is 0 Å². The zero-order valence-electron chi connectivity index (χ0n) is 11.8. The average Bonchev–Trinajstić information content (AvgIpc) is 2.40. The highest BCUT2D eigenvalue weighted by Crippen LogP contribution is 2.34. The van der Waals surface area contributed by atoms with Crippen LogP contribution in [0.15, 0.2) is 45.3 Å². The average molecular weight is 402 g/mol. The lowest BCUT2D eigenvalue weighted by Gasteiger charge is -2.09. The molecule has 20 heavy (non-hydrogen) atoms. The zero-order chi connectivity index (χ0) is 16.6. The highest BCUT2D eigenvalue weighted by molar-refractivity contribution is 9.11. The Morgan fingerprint density at radius 2 is 1.25 bits per heavy atom. The van der Waals surface area contributed by atoms with E-state index in [1.807, 2.05) is 0 Å². The Labute approximate surface area is 134 Å². The molecular weight excluding hydrogens is 392 g/mol. The summed E-state index contributed by atoms with van der Waals surface area (Å²) in [5.41, 5.74) is 0.536. The van der Waals surface area contributed by atoms with E-state index >= 15 is 0 Å². The zero-order valence-corrected chi connectivity index (χ0v) is 12.9. The van der Waals surface area contributed by atoms with E-state index in [0.29, 0.717) is 20.1 Å². The highest BCUT2D eigenvalue weighted by atomic mass is 79.9. The maximum absolute atomic E-state index is 11.0. The van der Waals surface area contributed by atoms with Gasteiger partial charge >= 0.3 is 11.9 Å². The summed E-state index contributed by atoms with van der Waals surface area (Å²) in [6.45, 7) is 0.